The molecule has 0 saturated carbocycles. The van der Waals surface area contributed by atoms with Gasteiger partial charge in [0.1, 0.15) is 11.4 Å². The van der Waals surface area contributed by atoms with Crippen molar-refractivity contribution < 1.29 is 9.50 Å². The van der Waals surface area contributed by atoms with E-state index < -0.39 is 5.67 Å². The summed E-state index contributed by atoms with van der Waals surface area (Å²) in [4.78, 5) is 0. The number of halogens is 1. The van der Waals surface area contributed by atoms with E-state index in [0.29, 0.717) is 5.56 Å². The normalized spacial score (nSPS) is 21.6. The maximum Gasteiger partial charge on any atom is 0.136 e. The molecule has 16 heavy (non-hydrogen) atoms. The number of rotatable bonds is 2. The van der Waals surface area contributed by atoms with Crippen molar-refractivity contribution in [3.63, 3.8) is 0 Å². The monoisotopic (exact) mass is 240 g/mol. The fourth-order valence-corrected chi connectivity index (χ4v) is 3.37. The Bertz CT molecular complexity index is 341. The van der Waals surface area contributed by atoms with Crippen molar-refractivity contribution in [2.45, 2.75) is 25.4 Å². The van der Waals surface area contributed by atoms with Crippen molar-refractivity contribution in [3.05, 3.63) is 29.8 Å². The van der Waals surface area contributed by atoms with Gasteiger partial charge in [-0.1, -0.05) is 12.1 Å². The molecule has 1 nitrogen and oxygen atoms in total. The van der Waals surface area contributed by atoms with Crippen LogP contribution >= 0.6 is 11.8 Å². The molecular weight excluding hydrogens is 223 g/mol. The molecule has 0 amide bonds. The number of hydrogen-bond donors (Lipinski definition) is 1. The Labute approximate surface area is 100 Å². The predicted molar refractivity (Wildman–Crippen MR) is 66.6 cm³/mol. The van der Waals surface area contributed by atoms with Crippen LogP contribution in [0.1, 0.15) is 25.3 Å². The Kier molecular flexibility index (Phi) is 3.43. The fourth-order valence-electron chi connectivity index (χ4n) is 2.26. The molecular formula is C13H17FOS. The quantitative estimate of drug-likeness (QED) is 0.850. The lowest BCUT2D eigenvalue weighted by Crippen LogP contribution is -2.30. The smallest absolute Gasteiger partial charge is 0.136 e. The first kappa shape index (κ1) is 11.8. The second-order valence-electron chi connectivity index (χ2n) is 4.51. The summed E-state index contributed by atoms with van der Waals surface area (Å²) in [6, 6.07) is 6.50. The van der Waals surface area contributed by atoms with Gasteiger partial charge in [0.05, 0.1) is 0 Å². The van der Waals surface area contributed by atoms with Crippen LogP contribution in [0.2, 0.25) is 0 Å². The molecule has 0 aliphatic carbocycles. The average molecular weight is 240 g/mol. The fraction of sp³-hybridized carbons (Fsp3) is 0.538. The van der Waals surface area contributed by atoms with Crippen molar-refractivity contribution in [1.82, 2.24) is 0 Å². The molecule has 1 saturated heterocycles. The lowest BCUT2D eigenvalue weighted by atomic mass is 9.81. The minimum absolute atomic E-state index is 0.110. The highest BCUT2D eigenvalue weighted by molar-refractivity contribution is 7.99. The largest absolute Gasteiger partial charge is 0.508 e. The van der Waals surface area contributed by atoms with Crippen LogP contribution < -0.4 is 0 Å². The van der Waals surface area contributed by atoms with Crippen LogP contribution in [0.3, 0.4) is 0 Å². The maximum absolute atomic E-state index is 14.7. The molecule has 1 N–H and O–H groups in total. The lowest BCUT2D eigenvalue weighted by molar-refractivity contribution is 0.0937. The van der Waals surface area contributed by atoms with Crippen LogP contribution in [-0.2, 0) is 5.67 Å². The van der Waals surface area contributed by atoms with Crippen molar-refractivity contribution >= 4 is 11.8 Å². The molecule has 1 atom stereocenters. The van der Waals surface area contributed by atoms with E-state index in [9.17, 15) is 9.50 Å². The standard InChI is InChI=1S/C13H17FOS/c1-13(14,11-6-8-16-9-7-11)10-2-4-12(15)5-3-10/h2-5,11,15H,6-9H2,1H3. The molecule has 0 bridgehead atoms. The molecule has 1 fully saturated rings. The summed E-state index contributed by atoms with van der Waals surface area (Å²) in [5, 5.41) is 9.21. The summed E-state index contributed by atoms with van der Waals surface area (Å²) >= 11 is 1.91. The van der Waals surface area contributed by atoms with Gasteiger partial charge in [0.15, 0.2) is 0 Å². The van der Waals surface area contributed by atoms with Crippen LogP contribution in [0.15, 0.2) is 24.3 Å². The Morgan fingerprint density at radius 2 is 1.81 bits per heavy atom. The van der Waals surface area contributed by atoms with Gasteiger partial charge < -0.3 is 5.11 Å². The molecule has 2 rings (SSSR count). The Balaban J connectivity index is 2.19. The highest BCUT2D eigenvalue weighted by atomic mass is 32.2. The Morgan fingerprint density at radius 3 is 2.38 bits per heavy atom. The lowest BCUT2D eigenvalue weighted by Gasteiger charge is -2.33. The third-order valence-electron chi connectivity index (χ3n) is 3.42. The zero-order valence-electron chi connectivity index (χ0n) is 9.45. The molecule has 1 aliphatic rings. The van der Waals surface area contributed by atoms with Crippen molar-refractivity contribution in [2.24, 2.45) is 5.92 Å². The van der Waals surface area contributed by atoms with E-state index in [1.54, 1.807) is 31.2 Å². The van der Waals surface area contributed by atoms with E-state index in [2.05, 4.69) is 0 Å². The molecule has 0 radical (unpaired) electrons. The van der Waals surface area contributed by atoms with Crippen LogP contribution in [-0.4, -0.2) is 16.6 Å². The molecule has 1 unspecified atom stereocenters. The summed E-state index contributed by atoms with van der Waals surface area (Å²) < 4.78 is 14.7. The predicted octanol–water partition coefficient (Wildman–Crippen LogP) is 3.72. The SMILES string of the molecule is CC(F)(c1ccc(O)cc1)C1CCSCC1. The van der Waals surface area contributed by atoms with E-state index in [4.69, 9.17) is 0 Å². The number of benzene rings is 1. The van der Waals surface area contributed by atoms with Gasteiger partial charge in [-0.15, -0.1) is 0 Å². The van der Waals surface area contributed by atoms with E-state index >= 15 is 0 Å². The van der Waals surface area contributed by atoms with Gasteiger partial charge >= 0.3 is 0 Å². The Hall–Kier alpha value is -0.700. The Morgan fingerprint density at radius 1 is 1.25 bits per heavy atom. The number of aromatic hydroxyl groups is 1. The summed E-state index contributed by atoms with van der Waals surface area (Å²) in [5.41, 5.74) is -0.587. The average Bonchev–Trinajstić information content (AvgIpc) is 2.31. The van der Waals surface area contributed by atoms with Gasteiger partial charge in [0.25, 0.3) is 0 Å². The number of thioether (sulfide) groups is 1. The van der Waals surface area contributed by atoms with Gasteiger partial charge in [-0.05, 0) is 54.9 Å². The first-order chi connectivity index (χ1) is 7.60. The van der Waals surface area contributed by atoms with Gasteiger partial charge in [0, 0.05) is 0 Å². The van der Waals surface area contributed by atoms with E-state index in [1.165, 1.54) is 0 Å². The molecule has 1 aromatic rings. The van der Waals surface area contributed by atoms with Crippen LogP contribution in [0.5, 0.6) is 5.75 Å². The van der Waals surface area contributed by atoms with E-state index in [1.807, 2.05) is 11.8 Å². The number of phenols is 1. The second kappa shape index (κ2) is 4.66. The number of hydrogen-bond acceptors (Lipinski definition) is 2. The molecule has 0 aromatic heterocycles. The second-order valence-corrected chi connectivity index (χ2v) is 5.73. The minimum atomic E-state index is -1.27. The van der Waals surface area contributed by atoms with Crippen molar-refractivity contribution in [1.29, 1.82) is 0 Å². The van der Waals surface area contributed by atoms with Crippen molar-refractivity contribution in [3.8, 4) is 5.75 Å². The summed E-state index contributed by atoms with van der Waals surface area (Å²) in [6.45, 7) is 1.67. The molecule has 1 aliphatic heterocycles. The van der Waals surface area contributed by atoms with Gasteiger partial charge in [0.2, 0.25) is 0 Å². The summed E-state index contributed by atoms with van der Waals surface area (Å²) in [5.74, 6) is 2.42. The highest BCUT2D eigenvalue weighted by Gasteiger charge is 2.36. The van der Waals surface area contributed by atoms with Gasteiger partial charge in [-0.25, -0.2) is 4.39 Å². The van der Waals surface area contributed by atoms with Crippen LogP contribution in [0.4, 0.5) is 4.39 Å². The zero-order valence-corrected chi connectivity index (χ0v) is 10.3. The van der Waals surface area contributed by atoms with E-state index in [0.717, 1.165) is 24.3 Å². The van der Waals surface area contributed by atoms with Crippen LogP contribution in [0.25, 0.3) is 0 Å². The molecule has 1 heterocycles. The maximum atomic E-state index is 14.7. The molecule has 88 valence electrons. The third-order valence-corrected chi connectivity index (χ3v) is 4.47. The van der Waals surface area contributed by atoms with Gasteiger partial charge in [-0.3, -0.25) is 0 Å². The highest BCUT2D eigenvalue weighted by Crippen LogP contribution is 2.41. The topological polar surface area (TPSA) is 20.2 Å². The first-order valence-corrected chi connectivity index (χ1v) is 6.82. The minimum Gasteiger partial charge on any atom is -0.508 e. The van der Waals surface area contributed by atoms with E-state index in [-0.39, 0.29) is 11.7 Å². The third kappa shape index (κ3) is 2.34. The first-order valence-electron chi connectivity index (χ1n) is 5.67. The number of alkyl halides is 1. The van der Waals surface area contributed by atoms with Crippen LogP contribution in [0, 0.1) is 5.92 Å². The summed E-state index contributed by atoms with van der Waals surface area (Å²) in [7, 11) is 0. The zero-order chi connectivity index (χ0) is 11.6. The molecule has 3 heteroatoms. The van der Waals surface area contributed by atoms with Gasteiger partial charge in [-0.2, -0.15) is 11.8 Å². The van der Waals surface area contributed by atoms with Crippen molar-refractivity contribution in [2.75, 3.05) is 11.5 Å². The number of phenolic OH excluding ortho intramolecular Hbond substituents is 1. The summed E-state index contributed by atoms with van der Waals surface area (Å²) in [6.07, 6.45) is 1.89. The molecule has 0 spiro atoms. The molecule has 1 aromatic carbocycles.